The lowest BCUT2D eigenvalue weighted by Gasteiger charge is -2.29. The van der Waals surface area contributed by atoms with Crippen molar-refractivity contribution in [1.29, 1.82) is 0 Å². The molecule has 0 unspecified atom stereocenters. The van der Waals surface area contributed by atoms with Gasteiger partial charge in [0.2, 0.25) is 5.91 Å². The minimum absolute atomic E-state index is 0.0202. The molecule has 0 aliphatic carbocycles. The lowest BCUT2D eigenvalue weighted by molar-refractivity contribution is -0.141. The van der Waals surface area contributed by atoms with Crippen molar-refractivity contribution >= 4 is 27.7 Å². The number of halogens is 1. The van der Waals surface area contributed by atoms with E-state index in [-0.39, 0.29) is 23.8 Å². The zero-order valence-corrected chi connectivity index (χ0v) is 21.4. The van der Waals surface area contributed by atoms with Crippen LogP contribution >= 0.6 is 15.9 Å². The fourth-order valence-electron chi connectivity index (χ4n) is 3.27. The molecule has 0 bridgehead atoms. The second kappa shape index (κ2) is 12.0. The van der Waals surface area contributed by atoms with Crippen LogP contribution in [0.1, 0.15) is 52.2 Å². The number of nitrogens with one attached hydrogen (secondary N) is 1. The number of hydrogen-bond donors (Lipinski definition) is 1. The first-order chi connectivity index (χ1) is 15.1. The van der Waals surface area contributed by atoms with Crippen molar-refractivity contribution < 1.29 is 14.3 Å². The summed E-state index contributed by atoms with van der Waals surface area (Å²) in [5.41, 5.74) is 2.31. The maximum absolute atomic E-state index is 13.1. The van der Waals surface area contributed by atoms with Gasteiger partial charge in [0.15, 0.2) is 6.61 Å². The van der Waals surface area contributed by atoms with Gasteiger partial charge >= 0.3 is 0 Å². The molecule has 32 heavy (non-hydrogen) atoms. The predicted molar refractivity (Wildman–Crippen MR) is 133 cm³/mol. The highest BCUT2D eigenvalue weighted by Crippen LogP contribution is 2.31. The Balaban J connectivity index is 2.10. The van der Waals surface area contributed by atoms with Gasteiger partial charge in [0.05, 0.1) is 4.47 Å². The topological polar surface area (TPSA) is 58.6 Å². The van der Waals surface area contributed by atoms with E-state index in [4.69, 9.17) is 4.74 Å². The minimum atomic E-state index is -0.576. The Kier molecular flexibility index (Phi) is 9.76. The van der Waals surface area contributed by atoms with E-state index in [1.54, 1.807) is 11.8 Å². The van der Waals surface area contributed by atoms with Gasteiger partial charge in [-0.3, -0.25) is 9.59 Å². The van der Waals surface area contributed by atoms with Crippen molar-refractivity contribution in [2.75, 3.05) is 19.7 Å². The number of rotatable bonds is 10. The molecule has 0 aromatic heterocycles. The highest BCUT2D eigenvalue weighted by Gasteiger charge is 2.26. The van der Waals surface area contributed by atoms with Crippen molar-refractivity contribution in [3.8, 4) is 5.75 Å². The first-order valence-electron chi connectivity index (χ1n) is 11.2. The second-order valence-electron chi connectivity index (χ2n) is 8.97. The largest absolute Gasteiger partial charge is 0.483 e. The number of ether oxygens (including phenoxy) is 1. The molecular formula is C26H35BrN2O3. The van der Waals surface area contributed by atoms with E-state index in [1.165, 1.54) is 5.56 Å². The molecule has 6 heteroatoms. The molecule has 174 valence electrons. The molecule has 1 atom stereocenters. The third-order valence-corrected chi connectivity index (χ3v) is 5.97. The van der Waals surface area contributed by atoms with Gasteiger partial charge in [-0.25, -0.2) is 0 Å². The molecule has 1 N–H and O–H groups in total. The molecular weight excluding hydrogens is 468 g/mol. The summed E-state index contributed by atoms with van der Waals surface area (Å²) in [6, 6.07) is 15.3. The van der Waals surface area contributed by atoms with E-state index >= 15 is 0 Å². The van der Waals surface area contributed by atoms with Crippen molar-refractivity contribution in [3.05, 3.63) is 64.1 Å². The highest BCUT2D eigenvalue weighted by atomic mass is 79.9. The minimum Gasteiger partial charge on any atom is -0.483 e. The monoisotopic (exact) mass is 502 g/mol. The number of nitrogens with zero attached hydrogens (tertiary/aromatic N) is 1. The number of benzene rings is 2. The van der Waals surface area contributed by atoms with E-state index in [2.05, 4.69) is 42.0 Å². The van der Waals surface area contributed by atoms with Gasteiger partial charge in [0.25, 0.3) is 5.91 Å². The quantitative estimate of drug-likeness (QED) is 0.490. The highest BCUT2D eigenvalue weighted by molar-refractivity contribution is 9.10. The molecule has 0 fully saturated rings. The molecule has 2 aromatic carbocycles. The van der Waals surface area contributed by atoms with Crippen molar-refractivity contribution in [2.45, 2.75) is 58.9 Å². The van der Waals surface area contributed by atoms with Crippen LogP contribution in [0, 0.1) is 0 Å². The summed E-state index contributed by atoms with van der Waals surface area (Å²) in [5.74, 6) is 0.244. The van der Waals surface area contributed by atoms with Crippen molar-refractivity contribution in [1.82, 2.24) is 10.2 Å². The Morgan fingerprint density at radius 3 is 2.41 bits per heavy atom. The first kappa shape index (κ1) is 25.9. The molecule has 2 rings (SSSR count). The Morgan fingerprint density at radius 2 is 1.81 bits per heavy atom. The smallest absolute Gasteiger partial charge is 0.261 e. The van der Waals surface area contributed by atoms with Gasteiger partial charge in [-0.05, 0) is 64.4 Å². The van der Waals surface area contributed by atoms with Crippen LogP contribution in [0.15, 0.2) is 53.0 Å². The SMILES string of the molecule is CCCNC(=O)[C@H](C)N(CCc1ccccc1)C(=O)COc1ccc(C(C)(C)C)cc1Br. The zero-order valence-electron chi connectivity index (χ0n) is 19.8. The maximum Gasteiger partial charge on any atom is 0.261 e. The molecule has 0 aliphatic heterocycles. The second-order valence-corrected chi connectivity index (χ2v) is 9.83. The van der Waals surface area contributed by atoms with Gasteiger partial charge in [-0.1, -0.05) is 64.1 Å². The molecule has 5 nitrogen and oxygen atoms in total. The van der Waals surface area contributed by atoms with E-state index in [0.29, 0.717) is 25.3 Å². The fraction of sp³-hybridized carbons (Fsp3) is 0.462. The third-order valence-electron chi connectivity index (χ3n) is 5.35. The third kappa shape index (κ3) is 7.66. The standard InChI is InChI=1S/C26H35BrN2O3/c1-6-15-28-25(31)19(2)29(16-14-20-10-8-7-9-11-20)24(30)18-32-23-13-12-21(17-22(23)27)26(3,4)5/h7-13,17,19H,6,14-16,18H2,1-5H3,(H,28,31)/t19-/m0/s1. The average Bonchev–Trinajstić information content (AvgIpc) is 2.76. The van der Waals surface area contributed by atoms with Gasteiger partial charge in [-0.2, -0.15) is 0 Å². The summed E-state index contributed by atoms with van der Waals surface area (Å²) in [5, 5.41) is 2.89. The summed E-state index contributed by atoms with van der Waals surface area (Å²) < 4.78 is 6.65. The maximum atomic E-state index is 13.1. The molecule has 2 aromatic rings. The number of amides is 2. The summed E-state index contributed by atoms with van der Waals surface area (Å²) in [4.78, 5) is 27.3. The summed E-state index contributed by atoms with van der Waals surface area (Å²) in [6.07, 6.45) is 1.51. The van der Waals surface area contributed by atoms with Gasteiger partial charge in [-0.15, -0.1) is 0 Å². The van der Waals surface area contributed by atoms with E-state index in [1.807, 2.05) is 55.5 Å². The van der Waals surface area contributed by atoms with Crippen LogP contribution in [-0.2, 0) is 21.4 Å². The van der Waals surface area contributed by atoms with E-state index in [0.717, 1.165) is 16.5 Å². The molecule has 0 radical (unpaired) electrons. The Hall–Kier alpha value is -2.34. The summed E-state index contributed by atoms with van der Waals surface area (Å²) in [6.45, 7) is 11.1. The van der Waals surface area contributed by atoms with E-state index in [9.17, 15) is 9.59 Å². The molecule has 0 spiro atoms. The molecule has 0 saturated heterocycles. The van der Waals surface area contributed by atoms with Crippen molar-refractivity contribution in [3.63, 3.8) is 0 Å². The molecule has 0 aliphatic rings. The Bertz CT molecular complexity index is 894. The number of carbonyl (C=O) groups excluding carboxylic acids is 2. The Morgan fingerprint density at radius 1 is 1.12 bits per heavy atom. The number of hydrogen-bond acceptors (Lipinski definition) is 3. The van der Waals surface area contributed by atoms with Crippen LogP contribution in [-0.4, -0.2) is 42.5 Å². The van der Waals surface area contributed by atoms with Gasteiger partial charge in [0, 0.05) is 13.1 Å². The van der Waals surface area contributed by atoms with Gasteiger partial charge in [0.1, 0.15) is 11.8 Å². The van der Waals surface area contributed by atoms with Crippen molar-refractivity contribution in [2.24, 2.45) is 0 Å². The normalized spacial score (nSPS) is 12.2. The molecule has 0 saturated carbocycles. The Labute approximate surface area is 200 Å². The zero-order chi connectivity index (χ0) is 23.7. The molecule has 2 amide bonds. The fourth-order valence-corrected chi connectivity index (χ4v) is 3.77. The summed E-state index contributed by atoms with van der Waals surface area (Å²) >= 11 is 3.55. The number of carbonyl (C=O) groups is 2. The van der Waals surface area contributed by atoms with Crippen LogP contribution in [0.3, 0.4) is 0 Å². The van der Waals surface area contributed by atoms with Gasteiger partial charge < -0.3 is 15.0 Å². The predicted octanol–water partition coefficient (Wildman–Crippen LogP) is 5.11. The van der Waals surface area contributed by atoms with E-state index < -0.39 is 6.04 Å². The first-order valence-corrected chi connectivity index (χ1v) is 12.0. The molecule has 0 heterocycles. The average molecular weight is 503 g/mol. The van der Waals surface area contributed by atoms with Crippen LogP contribution in [0.2, 0.25) is 0 Å². The van der Waals surface area contributed by atoms with Crippen LogP contribution < -0.4 is 10.1 Å². The van der Waals surface area contributed by atoms with Crippen LogP contribution in [0.25, 0.3) is 0 Å². The lowest BCUT2D eigenvalue weighted by atomic mass is 9.87. The van der Waals surface area contributed by atoms with Crippen LogP contribution in [0.4, 0.5) is 0 Å². The van der Waals surface area contributed by atoms with Crippen LogP contribution in [0.5, 0.6) is 5.75 Å². The lowest BCUT2D eigenvalue weighted by Crippen LogP contribution is -2.50. The summed E-state index contributed by atoms with van der Waals surface area (Å²) in [7, 11) is 0.